The Hall–Kier alpha value is -3.53. The molecule has 3 heterocycles. The molecule has 0 bridgehead atoms. The van der Waals surface area contributed by atoms with Crippen LogP contribution in [0.2, 0.25) is 5.02 Å². The second-order valence-corrected chi connectivity index (χ2v) is 7.51. The number of nitrogens with one attached hydrogen (secondary N) is 2. The second-order valence-electron chi connectivity index (χ2n) is 7.11. The fourth-order valence-corrected chi connectivity index (χ4v) is 4.44. The lowest BCUT2D eigenvalue weighted by Gasteiger charge is -2.32. The van der Waals surface area contributed by atoms with E-state index < -0.39 is 29.3 Å². The van der Waals surface area contributed by atoms with Gasteiger partial charge in [-0.1, -0.05) is 17.7 Å². The Morgan fingerprint density at radius 2 is 1.84 bits per heavy atom. The molecular formula is C20H12ClF3N4O3. The number of fused-ring (bicyclic) bond motifs is 4. The molecule has 31 heavy (non-hydrogen) atoms. The molecule has 2 aliphatic rings. The lowest BCUT2D eigenvalue weighted by Crippen LogP contribution is -2.43. The van der Waals surface area contributed by atoms with Gasteiger partial charge in [0.25, 0.3) is 0 Å². The van der Waals surface area contributed by atoms with Crippen LogP contribution in [0, 0.1) is 0 Å². The van der Waals surface area contributed by atoms with Gasteiger partial charge >= 0.3 is 6.36 Å². The zero-order chi connectivity index (χ0) is 22.0. The van der Waals surface area contributed by atoms with E-state index in [2.05, 4.69) is 20.5 Å². The molecule has 0 aliphatic carbocycles. The van der Waals surface area contributed by atoms with Gasteiger partial charge in [0.05, 0.1) is 11.9 Å². The number of rotatable bonds is 2. The van der Waals surface area contributed by atoms with Crippen LogP contribution in [0.1, 0.15) is 17.5 Å². The maximum Gasteiger partial charge on any atom is 0.573 e. The minimum atomic E-state index is -4.81. The molecule has 0 radical (unpaired) electrons. The molecule has 0 fully saturated rings. The number of ether oxygens (including phenoxy) is 1. The number of benzene rings is 2. The highest BCUT2D eigenvalue weighted by molar-refractivity contribution is 6.33. The molecule has 2 N–H and O–H groups in total. The highest BCUT2D eigenvalue weighted by Crippen LogP contribution is 2.52. The summed E-state index contributed by atoms with van der Waals surface area (Å²) in [6.07, 6.45) is -3.52. The molecular weight excluding hydrogens is 437 g/mol. The Morgan fingerprint density at radius 3 is 2.55 bits per heavy atom. The van der Waals surface area contributed by atoms with Gasteiger partial charge in [-0.2, -0.15) is 5.10 Å². The Balaban J connectivity index is 1.63. The number of carbonyl (C=O) groups is 2. The van der Waals surface area contributed by atoms with Gasteiger partial charge in [-0.15, -0.1) is 13.2 Å². The molecule has 1 aromatic heterocycles. The Bertz CT molecular complexity index is 1240. The minimum Gasteiger partial charge on any atom is -0.406 e. The number of hydrogen-bond acceptors (Lipinski definition) is 4. The van der Waals surface area contributed by atoms with Crippen LogP contribution in [0.25, 0.3) is 5.69 Å². The van der Waals surface area contributed by atoms with Gasteiger partial charge < -0.3 is 15.4 Å². The second kappa shape index (κ2) is 6.48. The summed E-state index contributed by atoms with van der Waals surface area (Å²) in [6, 6.07) is 10.0. The van der Waals surface area contributed by atoms with E-state index in [4.69, 9.17) is 11.6 Å². The maximum absolute atomic E-state index is 13.1. The molecule has 5 rings (SSSR count). The van der Waals surface area contributed by atoms with Crippen molar-refractivity contribution in [3.63, 3.8) is 0 Å². The third kappa shape index (κ3) is 2.94. The van der Waals surface area contributed by atoms with Crippen LogP contribution in [0.15, 0.2) is 48.7 Å². The average molecular weight is 449 g/mol. The van der Waals surface area contributed by atoms with Gasteiger partial charge in [0.2, 0.25) is 11.8 Å². The van der Waals surface area contributed by atoms with Crippen LogP contribution in [-0.2, 0) is 15.0 Å². The summed E-state index contributed by atoms with van der Waals surface area (Å²) in [5.74, 6) is -0.980. The highest BCUT2D eigenvalue weighted by atomic mass is 35.5. The van der Waals surface area contributed by atoms with Crippen molar-refractivity contribution in [2.24, 2.45) is 0 Å². The zero-order valence-electron chi connectivity index (χ0n) is 15.5. The van der Waals surface area contributed by atoms with Crippen molar-refractivity contribution in [3.8, 4) is 11.4 Å². The van der Waals surface area contributed by atoms with Gasteiger partial charge in [0.15, 0.2) is 0 Å². The predicted octanol–water partition coefficient (Wildman–Crippen LogP) is 4.00. The molecule has 2 aromatic carbocycles. The largest absolute Gasteiger partial charge is 0.573 e. The molecule has 7 nitrogen and oxygen atoms in total. The van der Waals surface area contributed by atoms with Crippen LogP contribution in [-0.4, -0.2) is 28.0 Å². The topological polar surface area (TPSA) is 85.2 Å². The van der Waals surface area contributed by atoms with Gasteiger partial charge in [0, 0.05) is 28.3 Å². The number of halogens is 4. The summed E-state index contributed by atoms with van der Waals surface area (Å²) in [5, 5.41) is 10.1. The molecule has 2 amide bonds. The van der Waals surface area contributed by atoms with Gasteiger partial charge in [0.1, 0.15) is 17.0 Å². The number of aromatic nitrogens is 2. The van der Waals surface area contributed by atoms with Crippen LogP contribution < -0.4 is 15.4 Å². The van der Waals surface area contributed by atoms with E-state index in [1.807, 2.05) is 0 Å². The fraction of sp³-hybridized carbons (Fsp3) is 0.150. The normalized spacial score (nSPS) is 19.6. The SMILES string of the molecule is O=C1C[C@]2(C(=O)Nc3cccc(Cl)c32)c2cnn(-c3ccc(OC(F)(F)F)cc3)c2N1. The first-order valence-corrected chi connectivity index (χ1v) is 9.42. The van der Waals surface area contributed by atoms with E-state index in [1.165, 1.54) is 23.0 Å². The number of amides is 2. The van der Waals surface area contributed by atoms with Crippen molar-refractivity contribution < 1.29 is 27.5 Å². The summed E-state index contributed by atoms with van der Waals surface area (Å²) < 4.78 is 42.4. The van der Waals surface area contributed by atoms with Crippen LogP contribution >= 0.6 is 11.6 Å². The number of hydrogen-bond donors (Lipinski definition) is 2. The molecule has 0 unspecified atom stereocenters. The lowest BCUT2D eigenvalue weighted by atomic mass is 9.72. The summed E-state index contributed by atoms with van der Waals surface area (Å²) in [4.78, 5) is 25.7. The Morgan fingerprint density at radius 1 is 1.10 bits per heavy atom. The van der Waals surface area contributed by atoms with Crippen LogP contribution in [0.4, 0.5) is 24.7 Å². The van der Waals surface area contributed by atoms with Gasteiger partial charge in [-0.3, -0.25) is 9.59 Å². The van der Waals surface area contributed by atoms with E-state index in [-0.39, 0.29) is 12.2 Å². The lowest BCUT2D eigenvalue weighted by molar-refractivity contribution is -0.274. The van der Waals surface area contributed by atoms with Gasteiger partial charge in [-0.25, -0.2) is 4.68 Å². The molecule has 1 atom stereocenters. The summed E-state index contributed by atoms with van der Waals surface area (Å²) in [6.45, 7) is 0. The van der Waals surface area contributed by atoms with Crippen molar-refractivity contribution in [1.82, 2.24) is 9.78 Å². The molecule has 3 aromatic rings. The smallest absolute Gasteiger partial charge is 0.406 e. The van der Waals surface area contributed by atoms with Crippen molar-refractivity contribution >= 4 is 34.9 Å². The van der Waals surface area contributed by atoms with Crippen molar-refractivity contribution in [2.75, 3.05) is 10.6 Å². The number of anilines is 2. The standard InChI is InChI=1S/C20H12ClF3N4O3/c21-13-2-1-3-14-16(13)19(18(30)26-14)8-15(29)27-17-12(19)9-25-28(17)10-4-6-11(7-5-10)31-20(22,23)24/h1-7,9H,8H2,(H,26,30)(H,27,29)/t19-/m0/s1. The summed E-state index contributed by atoms with van der Waals surface area (Å²) >= 11 is 6.41. The van der Waals surface area contributed by atoms with Gasteiger partial charge in [-0.05, 0) is 36.4 Å². The van der Waals surface area contributed by atoms with E-state index in [0.29, 0.717) is 27.5 Å². The molecule has 2 aliphatic heterocycles. The van der Waals surface area contributed by atoms with E-state index in [9.17, 15) is 22.8 Å². The quantitative estimate of drug-likeness (QED) is 0.620. The first kappa shape index (κ1) is 19.4. The van der Waals surface area contributed by atoms with Crippen LogP contribution in [0.5, 0.6) is 5.75 Å². The highest BCUT2D eigenvalue weighted by Gasteiger charge is 2.55. The van der Waals surface area contributed by atoms with E-state index in [0.717, 1.165) is 12.1 Å². The van der Waals surface area contributed by atoms with Crippen molar-refractivity contribution in [1.29, 1.82) is 0 Å². The molecule has 11 heteroatoms. The maximum atomic E-state index is 13.1. The van der Waals surface area contributed by atoms with E-state index >= 15 is 0 Å². The monoisotopic (exact) mass is 448 g/mol. The Labute approximate surface area is 177 Å². The number of alkyl halides is 3. The number of carbonyl (C=O) groups excluding carboxylic acids is 2. The van der Waals surface area contributed by atoms with Crippen molar-refractivity contribution in [3.05, 3.63) is 64.8 Å². The summed E-state index contributed by atoms with van der Waals surface area (Å²) in [5.41, 5.74) is 0.451. The summed E-state index contributed by atoms with van der Waals surface area (Å²) in [7, 11) is 0. The third-order valence-electron chi connectivity index (χ3n) is 5.30. The minimum absolute atomic E-state index is 0.160. The third-order valence-corrected chi connectivity index (χ3v) is 5.62. The average Bonchev–Trinajstić information content (AvgIpc) is 3.22. The predicted molar refractivity (Wildman–Crippen MR) is 104 cm³/mol. The van der Waals surface area contributed by atoms with E-state index in [1.54, 1.807) is 18.2 Å². The molecule has 0 saturated carbocycles. The van der Waals surface area contributed by atoms with Crippen LogP contribution in [0.3, 0.4) is 0 Å². The first-order valence-electron chi connectivity index (χ1n) is 9.04. The fourth-order valence-electron chi connectivity index (χ4n) is 4.11. The zero-order valence-corrected chi connectivity index (χ0v) is 16.2. The molecule has 0 saturated heterocycles. The Kier molecular flexibility index (Phi) is 4.06. The molecule has 1 spiro atoms. The van der Waals surface area contributed by atoms with Crippen molar-refractivity contribution in [2.45, 2.75) is 18.2 Å². The molecule has 158 valence electrons. The first-order chi connectivity index (χ1) is 14.7. The number of nitrogens with zero attached hydrogens (tertiary/aromatic N) is 2.